The van der Waals surface area contributed by atoms with Gasteiger partial charge in [-0.2, -0.15) is 9.40 Å². The maximum absolute atomic E-state index is 13.4. The van der Waals surface area contributed by atoms with Crippen LogP contribution in [0.15, 0.2) is 70.4 Å². The van der Waals surface area contributed by atoms with Crippen molar-refractivity contribution in [2.75, 3.05) is 13.1 Å². The Kier molecular flexibility index (Phi) is 5.83. The molecule has 156 valence electrons. The van der Waals surface area contributed by atoms with E-state index < -0.39 is 10.0 Å². The third-order valence-corrected chi connectivity index (χ3v) is 7.76. The molecule has 1 aliphatic heterocycles. The molecule has 30 heavy (non-hydrogen) atoms. The van der Waals surface area contributed by atoms with Crippen LogP contribution >= 0.6 is 0 Å². The first-order valence-electron chi connectivity index (χ1n) is 10.1. The highest BCUT2D eigenvalue weighted by molar-refractivity contribution is 7.89. The molecular weight excluding hydrogens is 398 g/mol. The number of benzene rings is 2. The molecule has 4 rings (SSSR count). The van der Waals surface area contributed by atoms with Gasteiger partial charge >= 0.3 is 0 Å². The number of sulfonamides is 1. The number of aromatic nitrogens is 2. The SMILES string of the molecule is Cc1ccc(-c2ccc(=O)[nH]n2)cc1S(=O)(=O)N1CCC(Cc2ccccc2)CC1. The molecular formula is C23H25N3O3S. The molecule has 1 fully saturated rings. The van der Waals surface area contributed by atoms with Gasteiger partial charge in [0.2, 0.25) is 10.0 Å². The summed E-state index contributed by atoms with van der Waals surface area (Å²) in [6.07, 6.45) is 2.70. The van der Waals surface area contributed by atoms with Crippen molar-refractivity contribution in [2.24, 2.45) is 5.92 Å². The maximum Gasteiger partial charge on any atom is 0.264 e. The summed E-state index contributed by atoms with van der Waals surface area (Å²) in [5.74, 6) is 0.497. The van der Waals surface area contributed by atoms with Crippen molar-refractivity contribution in [3.63, 3.8) is 0 Å². The zero-order valence-electron chi connectivity index (χ0n) is 16.9. The second kappa shape index (κ2) is 8.53. The van der Waals surface area contributed by atoms with E-state index in [1.54, 1.807) is 29.4 Å². The van der Waals surface area contributed by atoms with Crippen LogP contribution in [0.2, 0.25) is 0 Å². The zero-order valence-corrected chi connectivity index (χ0v) is 17.7. The summed E-state index contributed by atoms with van der Waals surface area (Å²) in [6.45, 7) is 2.86. The summed E-state index contributed by atoms with van der Waals surface area (Å²) in [5, 5.41) is 6.41. The number of aryl methyl sites for hydroxylation is 1. The highest BCUT2D eigenvalue weighted by Gasteiger charge is 2.30. The van der Waals surface area contributed by atoms with Crippen LogP contribution < -0.4 is 5.56 Å². The van der Waals surface area contributed by atoms with E-state index in [0.717, 1.165) is 19.3 Å². The molecule has 3 aromatic rings. The molecule has 6 nitrogen and oxygen atoms in total. The van der Waals surface area contributed by atoms with Gasteiger partial charge in [0.25, 0.3) is 5.56 Å². The van der Waals surface area contributed by atoms with Crippen LogP contribution in [-0.4, -0.2) is 36.0 Å². The fraction of sp³-hybridized carbons (Fsp3) is 0.304. The molecule has 0 spiro atoms. The molecule has 1 saturated heterocycles. The molecule has 0 unspecified atom stereocenters. The van der Waals surface area contributed by atoms with Crippen LogP contribution in [-0.2, 0) is 16.4 Å². The first-order valence-corrected chi connectivity index (χ1v) is 11.6. The third kappa shape index (κ3) is 4.37. The number of hydrogen-bond acceptors (Lipinski definition) is 4. The lowest BCUT2D eigenvalue weighted by atomic mass is 9.91. The van der Waals surface area contributed by atoms with Gasteiger partial charge in [-0.05, 0) is 55.4 Å². The number of rotatable bonds is 5. The molecule has 0 bridgehead atoms. The second-order valence-electron chi connectivity index (χ2n) is 7.82. The van der Waals surface area contributed by atoms with E-state index in [9.17, 15) is 13.2 Å². The van der Waals surface area contributed by atoms with Crippen molar-refractivity contribution in [3.05, 3.63) is 82.1 Å². The first kappa shape index (κ1) is 20.5. The van der Waals surface area contributed by atoms with Gasteiger partial charge in [-0.3, -0.25) is 4.79 Å². The molecule has 1 aromatic heterocycles. The molecule has 2 aromatic carbocycles. The number of nitrogens with zero attached hydrogens (tertiary/aromatic N) is 2. The monoisotopic (exact) mass is 423 g/mol. The summed E-state index contributed by atoms with van der Waals surface area (Å²) < 4.78 is 28.3. The van der Waals surface area contributed by atoms with Gasteiger partial charge in [-0.15, -0.1) is 0 Å². The normalized spacial score (nSPS) is 15.9. The van der Waals surface area contributed by atoms with Gasteiger partial charge in [0.15, 0.2) is 0 Å². The van der Waals surface area contributed by atoms with Crippen molar-refractivity contribution in [1.82, 2.24) is 14.5 Å². The van der Waals surface area contributed by atoms with Crippen LogP contribution in [0, 0.1) is 12.8 Å². The van der Waals surface area contributed by atoms with Gasteiger partial charge < -0.3 is 0 Å². The Hall–Kier alpha value is -2.77. The number of aromatic amines is 1. The fourth-order valence-electron chi connectivity index (χ4n) is 3.98. The molecule has 0 atom stereocenters. The summed E-state index contributed by atoms with van der Waals surface area (Å²) in [7, 11) is -3.59. The second-order valence-corrected chi connectivity index (χ2v) is 9.73. The predicted molar refractivity (Wildman–Crippen MR) is 117 cm³/mol. The molecule has 0 amide bonds. The third-order valence-electron chi connectivity index (χ3n) is 5.72. The molecule has 1 aliphatic rings. The smallest absolute Gasteiger partial charge is 0.264 e. The van der Waals surface area contributed by atoms with E-state index in [4.69, 9.17) is 0 Å². The molecule has 0 aliphatic carbocycles. The van der Waals surface area contributed by atoms with Crippen LogP contribution in [0.1, 0.15) is 24.0 Å². The minimum atomic E-state index is -3.59. The Morgan fingerprint density at radius 1 is 1.03 bits per heavy atom. The van der Waals surface area contributed by atoms with Crippen molar-refractivity contribution < 1.29 is 8.42 Å². The topological polar surface area (TPSA) is 83.1 Å². The van der Waals surface area contributed by atoms with Crippen molar-refractivity contribution >= 4 is 10.0 Å². The van der Waals surface area contributed by atoms with Crippen LogP contribution in [0.25, 0.3) is 11.3 Å². The number of nitrogens with one attached hydrogen (secondary N) is 1. The Bertz CT molecular complexity index is 1160. The summed E-state index contributed by atoms with van der Waals surface area (Å²) in [6, 6.07) is 18.6. The average molecular weight is 424 g/mol. The van der Waals surface area contributed by atoms with Gasteiger partial charge in [-0.1, -0.05) is 42.5 Å². The zero-order chi connectivity index (χ0) is 21.1. The number of hydrogen-bond donors (Lipinski definition) is 1. The highest BCUT2D eigenvalue weighted by atomic mass is 32.2. The Morgan fingerprint density at radius 3 is 2.43 bits per heavy atom. The molecule has 0 radical (unpaired) electrons. The van der Waals surface area contributed by atoms with E-state index >= 15 is 0 Å². The van der Waals surface area contributed by atoms with Crippen LogP contribution in [0.4, 0.5) is 0 Å². The lowest BCUT2D eigenvalue weighted by Gasteiger charge is -2.31. The van der Waals surface area contributed by atoms with Gasteiger partial charge in [0.05, 0.1) is 10.6 Å². The minimum absolute atomic E-state index is 0.294. The van der Waals surface area contributed by atoms with Gasteiger partial charge in [0.1, 0.15) is 0 Å². The standard InChI is InChI=1S/C23H25N3O3S/c1-17-7-8-20(21-9-10-23(27)25-24-21)16-22(17)30(28,29)26-13-11-19(12-14-26)15-18-5-3-2-4-6-18/h2-10,16,19H,11-15H2,1H3,(H,25,27). The highest BCUT2D eigenvalue weighted by Crippen LogP contribution is 2.29. The largest absolute Gasteiger partial charge is 0.268 e. The van der Waals surface area contributed by atoms with Crippen molar-refractivity contribution in [1.29, 1.82) is 0 Å². The number of H-pyrrole nitrogens is 1. The van der Waals surface area contributed by atoms with E-state index in [1.807, 2.05) is 24.3 Å². The van der Waals surface area contributed by atoms with E-state index in [1.165, 1.54) is 11.6 Å². The lowest BCUT2D eigenvalue weighted by molar-refractivity contribution is 0.273. The summed E-state index contributed by atoms with van der Waals surface area (Å²) in [4.78, 5) is 11.6. The van der Waals surface area contributed by atoms with E-state index in [2.05, 4.69) is 22.3 Å². The maximum atomic E-state index is 13.4. The van der Waals surface area contributed by atoms with E-state index in [0.29, 0.717) is 40.7 Å². The molecule has 7 heteroatoms. The van der Waals surface area contributed by atoms with E-state index in [-0.39, 0.29) is 5.56 Å². The van der Waals surface area contributed by atoms with Crippen molar-refractivity contribution in [3.8, 4) is 11.3 Å². The van der Waals surface area contributed by atoms with Crippen LogP contribution in [0.3, 0.4) is 0 Å². The van der Waals surface area contributed by atoms with Gasteiger partial charge in [-0.25, -0.2) is 13.5 Å². The fourth-order valence-corrected chi connectivity index (χ4v) is 5.70. The molecule has 2 heterocycles. The number of piperidine rings is 1. The first-order chi connectivity index (χ1) is 14.4. The minimum Gasteiger partial charge on any atom is -0.268 e. The van der Waals surface area contributed by atoms with Crippen molar-refractivity contribution in [2.45, 2.75) is 31.1 Å². The van der Waals surface area contributed by atoms with Gasteiger partial charge in [0, 0.05) is 24.7 Å². The summed E-state index contributed by atoms with van der Waals surface area (Å²) in [5.41, 5.74) is 2.91. The Balaban J connectivity index is 1.52. The molecule has 0 saturated carbocycles. The Morgan fingerprint density at radius 2 is 1.77 bits per heavy atom. The lowest BCUT2D eigenvalue weighted by Crippen LogP contribution is -2.39. The van der Waals surface area contributed by atoms with Crippen LogP contribution in [0.5, 0.6) is 0 Å². The summed E-state index contributed by atoms with van der Waals surface area (Å²) >= 11 is 0. The quantitative estimate of drug-likeness (QED) is 0.682. The average Bonchev–Trinajstić information content (AvgIpc) is 2.76. The molecule has 1 N–H and O–H groups in total. The predicted octanol–water partition coefficient (Wildman–Crippen LogP) is 3.39. The Labute approximate surface area is 176 Å².